The minimum atomic E-state index is -0.542. The molecule has 7 heavy (non-hydrogen) atoms. The molecule has 4 N–H and O–H groups in total. The molecule has 0 heterocycles. The molecule has 46 valence electrons. The van der Waals surface area contributed by atoms with E-state index in [9.17, 15) is 0 Å². The molecule has 0 aromatic rings. The second kappa shape index (κ2) is 3.41. The van der Waals surface area contributed by atoms with Gasteiger partial charge in [-0.3, -0.25) is 0 Å². The summed E-state index contributed by atoms with van der Waals surface area (Å²) < 4.78 is 0. The maximum atomic E-state index is 8.78. The molecule has 0 saturated carbocycles. The Labute approximate surface area is 52.6 Å². The highest BCUT2D eigenvalue weighted by molar-refractivity contribution is 9.09. The SMILES string of the molecule is CC(C)(O)CBr.N. The number of rotatable bonds is 1. The van der Waals surface area contributed by atoms with Crippen LogP contribution in [0.1, 0.15) is 13.8 Å². The number of alkyl halides is 1. The molecular weight excluding hydrogens is 158 g/mol. The molecule has 0 aromatic heterocycles. The van der Waals surface area contributed by atoms with Crippen molar-refractivity contribution in [2.75, 3.05) is 5.33 Å². The summed E-state index contributed by atoms with van der Waals surface area (Å²) in [6.07, 6.45) is 0. The Balaban J connectivity index is 0. The number of aliphatic hydroxyl groups is 1. The summed E-state index contributed by atoms with van der Waals surface area (Å²) >= 11 is 3.12. The van der Waals surface area contributed by atoms with Crippen LogP contribution in [0.3, 0.4) is 0 Å². The smallest absolute Gasteiger partial charge is 0.0688 e. The summed E-state index contributed by atoms with van der Waals surface area (Å²) in [5.74, 6) is 0. The van der Waals surface area contributed by atoms with Crippen LogP contribution < -0.4 is 6.15 Å². The number of hydrogen-bond donors (Lipinski definition) is 2. The first-order chi connectivity index (χ1) is 2.56. The monoisotopic (exact) mass is 169 g/mol. The summed E-state index contributed by atoms with van der Waals surface area (Å²) in [5, 5.41) is 9.42. The molecule has 3 heteroatoms. The van der Waals surface area contributed by atoms with E-state index in [0.717, 1.165) is 0 Å². The molecule has 0 atom stereocenters. The van der Waals surface area contributed by atoms with Gasteiger partial charge < -0.3 is 11.3 Å². The highest BCUT2D eigenvalue weighted by Gasteiger charge is 2.07. The molecular formula is C4H12BrNO. The molecule has 0 unspecified atom stereocenters. The van der Waals surface area contributed by atoms with Crippen LogP contribution >= 0.6 is 15.9 Å². The molecule has 0 aliphatic heterocycles. The van der Waals surface area contributed by atoms with E-state index in [1.54, 1.807) is 13.8 Å². The standard InChI is InChI=1S/C4H9BrO.H3N/c1-4(2,6)3-5;/h6H,3H2,1-2H3;1H3. The summed E-state index contributed by atoms with van der Waals surface area (Å²) in [6.45, 7) is 3.50. The quantitative estimate of drug-likeness (QED) is 0.583. The van der Waals surface area contributed by atoms with Crippen molar-refractivity contribution in [3.8, 4) is 0 Å². The van der Waals surface area contributed by atoms with Gasteiger partial charge in [0.05, 0.1) is 5.60 Å². The highest BCUT2D eigenvalue weighted by Crippen LogP contribution is 2.02. The van der Waals surface area contributed by atoms with Crippen LogP contribution in [0, 0.1) is 0 Å². The van der Waals surface area contributed by atoms with E-state index in [1.165, 1.54) is 0 Å². The largest absolute Gasteiger partial charge is 0.390 e. The second-order valence-corrected chi connectivity index (χ2v) is 2.51. The lowest BCUT2D eigenvalue weighted by Crippen LogP contribution is -2.19. The average Bonchev–Trinajstić information content (AvgIpc) is 1.35. The molecule has 0 aromatic carbocycles. The van der Waals surface area contributed by atoms with Crippen LogP contribution in [0.15, 0.2) is 0 Å². The first kappa shape index (κ1) is 10.4. The van der Waals surface area contributed by atoms with Crippen molar-refractivity contribution in [3.63, 3.8) is 0 Å². The third-order valence-electron chi connectivity index (χ3n) is 0.327. The first-order valence-electron chi connectivity index (χ1n) is 1.84. The van der Waals surface area contributed by atoms with Crippen LogP contribution in [-0.2, 0) is 0 Å². The Kier molecular flexibility index (Phi) is 5.06. The van der Waals surface area contributed by atoms with Gasteiger partial charge in [-0.1, -0.05) is 15.9 Å². The van der Waals surface area contributed by atoms with E-state index < -0.39 is 5.60 Å². The topological polar surface area (TPSA) is 55.2 Å². The molecule has 0 aliphatic rings. The lowest BCUT2D eigenvalue weighted by atomic mass is 10.2. The molecule has 0 rings (SSSR count). The van der Waals surface area contributed by atoms with Crippen molar-refractivity contribution in [1.82, 2.24) is 6.15 Å². The van der Waals surface area contributed by atoms with E-state index >= 15 is 0 Å². The molecule has 0 aliphatic carbocycles. The van der Waals surface area contributed by atoms with Gasteiger partial charge >= 0.3 is 0 Å². The number of halogens is 1. The molecule has 0 amide bonds. The Bertz CT molecular complexity index is 41.4. The van der Waals surface area contributed by atoms with Gasteiger partial charge in [0.2, 0.25) is 0 Å². The predicted octanol–water partition coefficient (Wildman–Crippen LogP) is 1.31. The third-order valence-corrected chi connectivity index (χ3v) is 1.70. The first-order valence-corrected chi connectivity index (χ1v) is 2.97. The summed E-state index contributed by atoms with van der Waals surface area (Å²) in [7, 11) is 0. The Morgan fingerprint density at radius 3 is 1.71 bits per heavy atom. The lowest BCUT2D eigenvalue weighted by molar-refractivity contribution is 0.108. The van der Waals surface area contributed by atoms with E-state index in [4.69, 9.17) is 5.11 Å². The van der Waals surface area contributed by atoms with Crippen molar-refractivity contribution in [2.24, 2.45) is 0 Å². The van der Waals surface area contributed by atoms with Crippen molar-refractivity contribution in [3.05, 3.63) is 0 Å². The summed E-state index contributed by atoms with van der Waals surface area (Å²) in [6, 6.07) is 0. The molecule has 0 fully saturated rings. The molecule has 2 nitrogen and oxygen atoms in total. The van der Waals surface area contributed by atoms with Crippen LogP contribution in [0.4, 0.5) is 0 Å². The van der Waals surface area contributed by atoms with Crippen LogP contribution in [-0.4, -0.2) is 16.0 Å². The van der Waals surface area contributed by atoms with Gasteiger partial charge in [0, 0.05) is 5.33 Å². The van der Waals surface area contributed by atoms with Crippen molar-refractivity contribution < 1.29 is 5.11 Å². The van der Waals surface area contributed by atoms with E-state index in [1.807, 2.05) is 0 Å². The minimum absolute atomic E-state index is 0. The zero-order valence-corrected chi connectivity index (χ0v) is 6.33. The minimum Gasteiger partial charge on any atom is -0.390 e. The van der Waals surface area contributed by atoms with Crippen LogP contribution in [0.25, 0.3) is 0 Å². The average molecular weight is 170 g/mol. The predicted molar refractivity (Wildman–Crippen MR) is 35.1 cm³/mol. The second-order valence-electron chi connectivity index (χ2n) is 1.95. The fraction of sp³-hybridized carbons (Fsp3) is 1.00. The fourth-order valence-electron chi connectivity index (χ4n) is 0. The summed E-state index contributed by atoms with van der Waals surface area (Å²) in [4.78, 5) is 0. The van der Waals surface area contributed by atoms with Gasteiger partial charge in [-0.05, 0) is 13.8 Å². The van der Waals surface area contributed by atoms with E-state index in [2.05, 4.69) is 15.9 Å². The molecule has 0 saturated heterocycles. The molecule has 0 spiro atoms. The Hall–Kier alpha value is 0.400. The van der Waals surface area contributed by atoms with Gasteiger partial charge in [-0.25, -0.2) is 0 Å². The van der Waals surface area contributed by atoms with Gasteiger partial charge in [-0.2, -0.15) is 0 Å². The van der Waals surface area contributed by atoms with Gasteiger partial charge in [0.25, 0.3) is 0 Å². The fourth-order valence-corrected chi connectivity index (χ4v) is 0. The van der Waals surface area contributed by atoms with Crippen molar-refractivity contribution in [1.29, 1.82) is 0 Å². The van der Waals surface area contributed by atoms with E-state index in [-0.39, 0.29) is 6.15 Å². The van der Waals surface area contributed by atoms with Crippen molar-refractivity contribution in [2.45, 2.75) is 19.4 Å². The summed E-state index contributed by atoms with van der Waals surface area (Å²) in [5.41, 5.74) is -0.542. The lowest BCUT2D eigenvalue weighted by Gasteiger charge is -2.10. The van der Waals surface area contributed by atoms with Crippen molar-refractivity contribution >= 4 is 15.9 Å². The highest BCUT2D eigenvalue weighted by atomic mass is 79.9. The normalized spacial score (nSPS) is 10.3. The van der Waals surface area contributed by atoms with Gasteiger partial charge in [0.15, 0.2) is 0 Å². The maximum Gasteiger partial charge on any atom is 0.0688 e. The number of hydrogen-bond acceptors (Lipinski definition) is 2. The maximum absolute atomic E-state index is 8.78. The van der Waals surface area contributed by atoms with E-state index in [0.29, 0.717) is 5.33 Å². The van der Waals surface area contributed by atoms with Gasteiger partial charge in [0.1, 0.15) is 0 Å². The Morgan fingerprint density at radius 2 is 1.71 bits per heavy atom. The third kappa shape index (κ3) is 10.7. The molecule has 0 bridgehead atoms. The zero-order chi connectivity index (χ0) is 5.21. The van der Waals surface area contributed by atoms with Crippen LogP contribution in [0.2, 0.25) is 0 Å². The van der Waals surface area contributed by atoms with Gasteiger partial charge in [-0.15, -0.1) is 0 Å². The molecule has 0 radical (unpaired) electrons. The van der Waals surface area contributed by atoms with Crippen LogP contribution in [0.5, 0.6) is 0 Å². The zero-order valence-electron chi connectivity index (χ0n) is 4.74. The Morgan fingerprint density at radius 1 is 1.57 bits per heavy atom.